The van der Waals surface area contributed by atoms with Gasteiger partial charge in [-0.2, -0.15) is 0 Å². The fourth-order valence-electron chi connectivity index (χ4n) is 2.76. The van der Waals surface area contributed by atoms with Crippen molar-refractivity contribution in [2.24, 2.45) is 0 Å². The number of carbonyl (C=O) groups excluding carboxylic acids is 2. The van der Waals surface area contributed by atoms with Crippen LogP contribution in [-0.2, 0) is 16.1 Å². The number of amides is 2. The average Bonchev–Trinajstić information content (AvgIpc) is 2.56. The number of carbonyl (C=O) groups is 2. The lowest BCUT2D eigenvalue weighted by Gasteiger charge is -2.29. The van der Waals surface area contributed by atoms with Gasteiger partial charge in [0.1, 0.15) is 17.4 Å². The first kappa shape index (κ1) is 17.4. The van der Waals surface area contributed by atoms with Crippen LogP contribution in [0.25, 0.3) is 0 Å². The largest absolute Gasteiger partial charge is 0.350 e. The average molecular weight is 359 g/mol. The van der Waals surface area contributed by atoms with Crippen LogP contribution in [-0.4, -0.2) is 29.1 Å². The predicted molar refractivity (Wildman–Crippen MR) is 95.0 cm³/mol. The molecule has 3 rings (SSSR count). The molecule has 0 unspecified atom stereocenters. The van der Waals surface area contributed by atoms with Crippen LogP contribution in [0.15, 0.2) is 35.4 Å². The van der Waals surface area contributed by atoms with E-state index in [1.807, 2.05) is 19.9 Å². The molecule has 2 amide bonds. The number of thioether (sulfide) groups is 1. The smallest absolute Gasteiger partial charge is 0.240 e. The van der Waals surface area contributed by atoms with Crippen molar-refractivity contribution >= 4 is 29.3 Å². The highest BCUT2D eigenvalue weighted by atomic mass is 32.2. The highest BCUT2D eigenvalue weighted by Crippen LogP contribution is 2.36. The van der Waals surface area contributed by atoms with Crippen LogP contribution in [0.3, 0.4) is 0 Å². The molecule has 2 aromatic rings. The zero-order chi connectivity index (χ0) is 18.0. The zero-order valence-corrected chi connectivity index (χ0v) is 14.8. The first-order valence-corrected chi connectivity index (χ1v) is 8.86. The summed E-state index contributed by atoms with van der Waals surface area (Å²) in [5.41, 5.74) is 2.88. The van der Waals surface area contributed by atoms with E-state index >= 15 is 0 Å². The Morgan fingerprint density at radius 1 is 1.36 bits per heavy atom. The van der Waals surface area contributed by atoms with Gasteiger partial charge in [0.25, 0.3) is 0 Å². The van der Waals surface area contributed by atoms with E-state index < -0.39 is 0 Å². The van der Waals surface area contributed by atoms with E-state index in [-0.39, 0.29) is 36.5 Å². The number of hydrogen-bond acceptors (Lipinski definition) is 4. The van der Waals surface area contributed by atoms with Crippen LogP contribution >= 0.6 is 11.8 Å². The number of nitrogens with one attached hydrogen (secondary N) is 1. The monoisotopic (exact) mass is 359 g/mol. The molecule has 1 aromatic heterocycles. The molecule has 0 saturated carbocycles. The lowest BCUT2D eigenvalue weighted by molar-refractivity contribution is -0.123. The molecule has 7 heteroatoms. The summed E-state index contributed by atoms with van der Waals surface area (Å²) in [6, 6.07) is 8.16. The zero-order valence-electron chi connectivity index (χ0n) is 14.0. The molecule has 130 valence electrons. The number of pyridine rings is 1. The van der Waals surface area contributed by atoms with Gasteiger partial charge in [0.15, 0.2) is 0 Å². The predicted octanol–water partition coefficient (Wildman–Crippen LogP) is 2.59. The fourth-order valence-corrected chi connectivity index (χ4v) is 3.79. The summed E-state index contributed by atoms with van der Waals surface area (Å²) in [5, 5.41) is 3.43. The van der Waals surface area contributed by atoms with Crippen molar-refractivity contribution in [3.63, 3.8) is 0 Å². The summed E-state index contributed by atoms with van der Waals surface area (Å²) in [5.74, 6) is -0.584. The van der Waals surface area contributed by atoms with E-state index in [4.69, 9.17) is 0 Å². The van der Waals surface area contributed by atoms with Gasteiger partial charge in [0, 0.05) is 17.8 Å². The van der Waals surface area contributed by atoms with Gasteiger partial charge >= 0.3 is 0 Å². The fraction of sp³-hybridized carbons (Fsp3) is 0.278. The molecule has 1 aliphatic heterocycles. The Balaban J connectivity index is 1.73. The topological polar surface area (TPSA) is 62.3 Å². The molecule has 0 radical (unpaired) electrons. The third-order valence-electron chi connectivity index (χ3n) is 3.92. The van der Waals surface area contributed by atoms with Gasteiger partial charge in [-0.25, -0.2) is 9.37 Å². The van der Waals surface area contributed by atoms with E-state index in [9.17, 15) is 14.0 Å². The van der Waals surface area contributed by atoms with Crippen LogP contribution in [0.4, 0.5) is 10.1 Å². The second-order valence-electron chi connectivity index (χ2n) is 5.87. The van der Waals surface area contributed by atoms with Crippen molar-refractivity contribution in [1.82, 2.24) is 10.3 Å². The van der Waals surface area contributed by atoms with E-state index in [2.05, 4.69) is 10.3 Å². The number of halogens is 1. The van der Waals surface area contributed by atoms with Gasteiger partial charge in [0.05, 0.1) is 11.4 Å². The number of nitrogens with zero attached hydrogens (tertiary/aromatic N) is 2. The van der Waals surface area contributed by atoms with Gasteiger partial charge < -0.3 is 5.32 Å². The van der Waals surface area contributed by atoms with Gasteiger partial charge in [-0.05, 0) is 31.5 Å². The summed E-state index contributed by atoms with van der Waals surface area (Å²) in [6.07, 6.45) is 0. The third-order valence-corrected chi connectivity index (χ3v) is 4.87. The Morgan fingerprint density at radius 3 is 2.88 bits per heavy atom. The maximum absolute atomic E-state index is 13.6. The van der Waals surface area contributed by atoms with Gasteiger partial charge in [-0.15, -0.1) is 0 Å². The van der Waals surface area contributed by atoms with Crippen LogP contribution in [0.1, 0.15) is 16.8 Å². The standard InChI is InChI=1S/C18H18FN3O2S/c1-11-7-12(2)21-18-17(11)22(16(24)10-25-18)9-15(23)20-8-13-5-3-4-6-14(13)19/h3-7H,8-10H2,1-2H3,(H,20,23). The molecule has 0 spiro atoms. The second-order valence-corrected chi connectivity index (χ2v) is 6.84. The molecule has 1 aliphatic rings. The third kappa shape index (κ3) is 3.82. The number of aromatic nitrogens is 1. The SMILES string of the molecule is Cc1cc(C)c2c(n1)SCC(=O)N2CC(=O)NCc1ccccc1F. The molecule has 1 aromatic carbocycles. The minimum Gasteiger partial charge on any atom is -0.350 e. The minimum atomic E-state index is -0.367. The molecule has 0 fully saturated rings. The summed E-state index contributed by atoms with van der Waals surface area (Å²) < 4.78 is 13.6. The highest BCUT2D eigenvalue weighted by molar-refractivity contribution is 8.00. The van der Waals surface area contributed by atoms with Crippen molar-refractivity contribution in [2.45, 2.75) is 25.4 Å². The van der Waals surface area contributed by atoms with Gasteiger partial charge in [-0.1, -0.05) is 30.0 Å². The number of hydrogen-bond donors (Lipinski definition) is 1. The summed E-state index contributed by atoms with van der Waals surface area (Å²) in [6.45, 7) is 3.78. The first-order chi connectivity index (χ1) is 12.0. The molecular formula is C18H18FN3O2S. The lowest BCUT2D eigenvalue weighted by Crippen LogP contribution is -2.43. The van der Waals surface area contributed by atoms with Crippen LogP contribution < -0.4 is 10.2 Å². The number of rotatable bonds is 4. The molecule has 0 atom stereocenters. The maximum atomic E-state index is 13.6. The minimum absolute atomic E-state index is 0.0836. The summed E-state index contributed by atoms with van der Waals surface area (Å²) in [7, 11) is 0. The molecule has 2 heterocycles. The van der Waals surface area contributed by atoms with Crippen molar-refractivity contribution in [3.05, 3.63) is 53.0 Å². The molecule has 1 N–H and O–H groups in total. The molecule has 25 heavy (non-hydrogen) atoms. The van der Waals surface area contributed by atoms with E-state index in [0.717, 1.165) is 16.3 Å². The molecule has 5 nitrogen and oxygen atoms in total. The normalized spacial score (nSPS) is 13.6. The lowest BCUT2D eigenvalue weighted by atomic mass is 10.2. The van der Waals surface area contributed by atoms with Gasteiger partial charge in [-0.3, -0.25) is 14.5 Å². The number of aryl methyl sites for hydroxylation is 2. The Morgan fingerprint density at radius 2 is 2.12 bits per heavy atom. The molecule has 0 bridgehead atoms. The van der Waals surface area contributed by atoms with Crippen molar-refractivity contribution < 1.29 is 14.0 Å². The van der Waals surface area contributed by atoms with Crippen LogP contribution in [0.2, 0.25) is 0 Å². The Kier molecular flexibility index (Phi) is 5.03. The van der Waals surface area contributed by atoms with Crippen LogP contribution in [0, 0.1) is 19.7 Å². The highest BCUT2D eigenvalue weighted by Gasteiger charge is 2.29. The van der Waals surface area contributed by atoms with Crippen LogP contribution in [0.5, 0.6) is 0 Å². The van der Waals surface area contributed by atoms with Gasteiger partial charge in [0.2, 0.25) is 11.8 Å². The molecule has 0 saturated heterocycles. The molecule has 0 aliphatic carbocycles. The van der Waals surface area contributed by atoms with Crippen molar-refractivity contribution in [3.8, 4) is 0 Å². The number of benzene rings is 1. The Bertz CT molecular complexity index is 841. The number of anilines is 1. The second kappa shape index (κ2) is 7.23. The van der Waals surface area contributed by atoms with E-state index in [0.29, 0.717) is 11.3 Å². The molecular weight excluding hydrogens is 341 g/mol. The summed E-state index contributed by atoms with van der Waals surface area (Å²) >= 11 is 1.38. The van der Waals surface area contributed by atoms with Crippen molar-refractivity contribution in [2.75, 3.05) is 17.2 Å². The Labute approximate surface area is 149 Å². The quantitative estimate of drug-likeness (QED) is 0.911. The summed E-state index contributed by atoms with van der Waals surface area (Å²) in [4.78, 5) is 30.5. The van der Waals surface area contributed by atoms with E-state index in [1.165, 1.54) is 22.7 Å². The van der Waals surface area contributed by atoms with Crippen molar-refractivity contribution in [1.29, 1.82) is 0 Å². The maximum Gasteiger partial charge on any atom is 0.240 e. The van der Waals surface area contributed by atoms with E-state index in [1.54, 1.807) is 18.2 Å². The first-order valence-electron chi connectivity index (χ1n) is 7.87. The Hall–Kier alpha value is -2.41. The number of fused-ring (bicyclic) bond motifs is 1.